The number of carbonyl (C=O) groups excluding carboxylic acids is 1. The third-order valence-corrected chi connectivity index (χ3v) is 3.22. The van der Waals surface area contributed by atoms with Crippen LogP contribution in [0.1, 0.15) is 54.4 Å². The van der Waals surface area contributed by atoms with Gasteiger partial charge in [-0.05, 0) is 24.7 Å². The van der Waals surface area contributed by atoms with E-state index >= 15 is 0 Å². The summed E-state index contributed by atoms with van der Waals surface area (Å²) in [6.45, 7) is 11.5. The third kappa shape index (κ3) is 7.03. The lowest BCUT2D eigenvalue weighted by Gasteiger charge is -2.28. The standard InChI is InChI=1S/C14H28N2O3/c1-7-9(2)8-10(3)15-13(19)16-11(12(17)18)14(4,5)6/h9-11H,7-8H2,1-6H3,(H,17,18)(H2,15,16,19). The fraction of sp³-hybridized carbons (Fsp3) is 0.857. The first-order valence-electron chi connectivity index (χ1n) is 6.87. The molecule has 0 saturated heterocycles. The van der Waals surface area contributed by atoms with E-state index in [4.69, 9.17) is 5.11 Å². The van der Waals surface area contributed by atoms with Crippen molar-refractivity contribution >= 4 is 12.0 Å². The van der Waals surface area contributed by atoms with Crippen LogP contribution in [0.3, 0.4) is 0 Å². The van der Waals surface area contributed by atoms with Crippen LogP contribution in [0.25, 0.3) is 0 Å². The van der Waals surface area contributed by atoms with E-state index in [1.165, 1.54) is 0 Å². The van der Waals surface area contributed by atoms with Gasteiger partial charge in [-0.25, -0.2) is 9.59 Å². The highest BCUT2D eigenvalue weighted by atomic mass is 16.4. The van der Waals surface area contributed by atoms with Crippen molar-refractivity contribution in [3.63, 3.8) is 0 Å². The Labute approximate surface area is 116 Å². The van der Waals surface area contributed by atoms with E-state index in [1.807, 2.05) is 6.92 Å². The number of urea groups is 1. The molecule has 3 N–H and O–H groups in total. The van der Waals surface area contributed by atoms with Gasteiger partial charge in [-0.2, -0.15) is 0 Å². The van der Waals surface area contributed by atoms with Gasteiger partial charge in [-0.1, -0.05) is 41.0 Å². The van der Waals surface area contributed by atoms with Crippen LogP contribution in [-0.4, -0.2) is 29.2 Å². The first-order valence-corrected chi connectivity index (χ1v) is 6.87. The zero-order valence-corrected chi connectivity index (χ0v) is 12.9. The number of amides is 2. The van der Waals surface area contributed by atoms with Gasteiger partial charge in [-0.15, -0.1) is 0 Å². The number of nitrogens with one attached hydrogen (secondary N) is 2. The molecule has 0 bridgehead atoms. The van der Waals surface area contributed by atoms with E-state index in [0.717, 1.165) is 12.8 Å². The molecule has 3 atom stereocenters. The summed E-state index contributed by atoms with van der Waals surface area (Å²) < 4.78 is 0. The summed E-state index contributed by atoms with van der Waals surface area (Å²) >= 11 is 0. The fourth-order valence-electron chi connectivity index (χ4n) is 1.87. The first kappa shape index (κ1) is 17.7. The molecule has 5 nitrogen and oxygen atoms in total. The Hall–Kier alpha value is -1.26. The Balaban J connectivity index is 4.40. The predicted octanol–water partition coefficient (Wildman–Crippen LogP) is 2.61. The molecule has 0 aliphatic carbocycles. The number of aliphatic carboxylic acids is 1. The Morgan fingerprint density at radius 3 is 2.05 bits per heavy atom. The van der Waals surface area contributed by atoms with Gasteiger partial charge in [0.15, 0.2) is 0 Å². The van der Waals surface area contributed by atoms with Crippen molar-refractivity contribution in [2.45, 2.75) is 66.5 Å². The van der Waals surface area contributed by atoms with E-state index in [2.05, 4.69) is 24.5 Å². The Morgan fingerprint density at radius 2 is 1.68 bits per heavy atom. The average molecular weight is 272 g/mol. The van der Waals surface area contributed by atoms with Crippen LogP contribution in [0.4, 0.5) is 4.79 Å². The van der Waals surface area contributed by atoms with E-state index in [1.54, 1.807) is 20.8 Å². The number of hydrogen-bond donors (Lipinski definition) is 3. The molecule has 0 fully saturated rings. The Bertz CT molecular complexity index is 310. The van der Waals surface area contributed by atoms with Crippen molar-refractivity contribution in [1.82, 2.24) is 10.6 Å². The van der Waals surface area contributed by atoms with Gasteiger partial charge in [0.25, 0.3) is 0 Å². The Kier molecular flexibility index (Phi) is 6.87. The second kappa shape index (κ2) is 7.36. The fourth-order valence-corrected chi connectivity index (χ4v) is 1.87. The summed E-state index contributed by atoms with van der Waals surface area (Å²) in [5, 5.41) is 14.5. The minimum atomic E-state index is -1.02. The maximum Gasteiger partial charge on any atom is 0.326 e. The van der Waals surface area contributed by atoms with Crippen LogP contribution in [-0.2, 0) is 4.79 Å². The van der Waals surface area contributed by atoms with Crippen molar-refractivity contribution in [2.75, 3.05) is 0 Å². The van der Waals surface area contributed by atoms with Gasteiger partial charge in [0.05, 0.1) is 0 Å². The van der Waals surface area contributed by atoms with E-state index in [0.29, 0.717) is 5.92 Å². The summed E-state index contributed by atoms with van der Waals surface area (Å²) in [6.07, 6.45) is 1.95. The second-order valence-electron chi connectivity index (χ2n) is 6.41. The van der Waals surface area contributed by atoms with E-state index in [9.17, 15) is 9.59 Å². The molecule has 0 aromatic heterocycles. The van der Waals surface area contributed by atoms with E-state index < -0.39 is 23.5 Å². The summed E-state index contributed by atoms with van der Waals surface area (Å²) in [6, 6.07) is -1.29. The van der Waals surface area contributed by atoms with Crippen LogP contribution in [0.5, 0.6) is 0 Å². The highest BCUT2D eigenvalue weighted by Crippen LogP contribution is 2.19. The van der Waals surface area contributed by atoms with Crippen molar-refractivity contribution < 1.29 is 14.7 Å². The van der Waals surface area contributed by atoms with Crippen molar-refractivity contribution in [3.05, 3.63) is 0 Å². The lowest BCUT2D eigenvalue weighted by atomic mass is 9.87. The average Bonchev–Trinajstić information content (AvgIpc) is 2.23. The van der Waals surface area contributed by atoms with Crippen molar-refractivity contribution in [2.24, 2.45) is 11.3 Å². The van der Waals surface area contributed by atoms with Crippen LogP contribution in [0.15, 0.2) is 0 Å². The van der Waals surface area contributed by atoms with Crippen LogP contribution in [0.2, 0.25) is 0 Å². The van der Waals surface area contributed by atoms with Crippen LogP contribution < -0.4 is 10.6 Å². The minimum Gasteiger partial charge on any atom is -0.480 e. The number of carbonyl (C=O) groups is 2. The highest BCUT2D eigenvalue weighted by Gasteiger charge is 2.32. The molecular formula is C14H28N2O3. The molecule has 112 valence electrons. The summed E-state index contributed by atoms with van der Waals surface area (Å²) in [4.78, 5) is 22.9. The summed E-state index contributed by atoms with van der Waals surface area (Å²) in [7, 11) is 0. The molecule has 19 heavy (non-hydrogen) atoms. The van der Waals surface area contributed by atoms with Gasteiger partial charge < -0.3 is 15.7 Å². The quantitative estimate of drug-likeness (QED) is 0.695. The maximum atomic E-state index is 11.8. The zero-order valence-electron chi connectivity index (χ0n) is 12.9. The van der Waals surface area contributed by atoms with Gasteiger partial charge in [0, 0.05) is 6.04 Å². The molecule has 0 aliphatic heterocycles. The molecule has 0 rings (SSSR count). The number of carboxylic acids is 1. The predicted molar refractivity (Wildman–Crippen MR) is 76.1 cm³/mol. The monoisotopic (exact) mass is 272 g/mol. The van der Waals surface area contributed by atoms with Crippen LogP contribution >= 0.6 is 0 Å². The lowest BCUT2D eigenvalue weighted by molar-refractivity contribution is -0.141. The van der Waals surface area contributed by atoms with Gasteiger partial charge in [0.2, 0.25) is 0 Å². The molecule has 3 unspecified atom stereocenters. The summed E-state index contributed by atoms with van der Waals surface area (Å²) in [5.41, 5.74) is -0.525. The molecule has 0 aromatic rings. The highest BCUT2D eigenvalue weighted by molar-refractivity contribution is 5.83. The lowest BCUT2D eigenvalue weighted by Crippen LogP contribution is -2.53. The minimum absolute atomic E-state index is 0.0318. The molecule has 0 radical (unpaired) electrons. The topological polar surface area (TPSA) is 78.4 Å². The molecule has 0 aromatic carbocycles. The van der Waals surface area contributed by atoms with Crippen molar-refractivity contribution in [1.29, 1.82) is 0 Å². The normalized spacial score (nSPS) is 16.3. The summed E-state index contributed by atoms with van der Waals surface area (Å²) in [5.74, 6) is -0.481. The molecule has 0 spiro atoms. The number of carboxylic acid groups (broad SMARTS) is 1. The van der Waals surface area contributed by atoms with Crippen LogP contribution in [0, 0.1) is 11.3 Å². The van der Waals surface area contributed by atoms with Crippen molar-refractivity contribution in [3.8, 4) is 0 Å². The number of rotatable bonds is 6. The van der Waals surface area contributed by atoms with Gasteiger partial charge in [-0.3, -0.25) is 0 Å². The van der Waals surface area contributed by atoms with E-state index in [-0.39, 0.29) is 6.04 Å². The van der Waals surface area contributed by atoms with Gasteiger partial charge >= 0.3 is 12.0 Å². The molecule has 2 amide bonds. The second-order valence-corrected chi connectivity index (χ2v) is 6.41. The maximum absolute atomic E-state index is 11.8. The molecule has 5 heteroatoms. The smallest absolute Gasteiger partial charge is 0.326 e. The number of hydrogen-bond acceptors (Lipinski definition) is 2. The third-order valence-electron chi connectivity index (χ3n) is 3.22. The SMILES string of the molecule is CCC(C)CC(C)NC(=O)NC(C(=O)O)C(C)(C)C. The molecular weight excluding hydrogens is 244 g/mol. The van der Waals surface area contributed by atoms with Gasteiger partial charge in [0.1, 0.15) is 6.04 Å². The Morgan fingerprint density at radius 1 is 1.16 bits per heavy atom. The molecule has 0 heterocycles. The largest absolute Gasteiger partial charge is 0.480 e. The first-order chi connectivity index (χ1) is 8.57. The zero-order chi connectivity index (χ0) is 15.2. The molecule has 0 saturated carbocycles. The molecule has 0 aliphatic rings.